The SMILES string of the molecule is COc1cc([C@@H](C)N)ccc1OCc1ccccc1Cl. The number of methoxy groups -OCH3 is 1. The lowest BCUT2D eigenvalue weighted by atomic mass is 10.1. The highest BCUT2D eigenvalue weighted by Gasteiger charge is 2.09. The Balaban J connectivity index is 2.15. The molecule has 0 heterocycles. The fourth-order valence-electron chi connectivity index (χ4n) is 1.86. The first-order valence-corrected chi connectivity index (χ1v) is 6.79. The molecule has 0 fully saturated rings. The van der Waals surface area contributed by atoms with E-state index in [1.165, 1.54) is 0 Å². The van der Waals surface area contributed by atoms with E-state index in [1.807, 2.05) is 49.4 Å². The van der Waals surface area contributed by atoms with Gasteiger partial charge in [-0.3, -0.25) is 0 Å². The Labute approximate surface area is 124 Å². The van der Waals surface area contributed by atoms with Gasteiger partial charge in [-0.2, -0.15) is 0 Å². The van der Waals surface area contributed by atoms with Gasteiger partial charge in [0.25, 0.3) is 0 Å². The number of hydrogen-bond donors (Lipinski definition) is 1. The summed E-state index contributed by atoms with van der Waals surface area (Å²) >= 11 is 6.10. The van der Waals surface area contributed by atoms with Crippen molar-refractivity contribution in [1.82, 2.24) is 0 Å². The van der Waals surface area contributed by atoms with Crippen LogP contribution in [0.2, 0.25) is 5.02 Å². The molecule has 2 rings (SSSR count). The molecule has 0 aliphatic carbocycles. The summed E-state index contributed by atoms with van der Waals surface area (Å²) in [6.07, 6.45) is 0. The zero-order valence-corrected chi connectivity index (χ0v) is 12.4. The van der Waals surface area contributed by atoms with Gasteiger partial charge in [-0.25, -0.2) is 0 Å². The Kier molecular flexibility index (Phi) is 4.88. The van der Waals surface area contributed by atoms with Crippen LogP contribution in [0.4, 0.5) is 0 Å². The van der Waals surface area contributed by atoms with Crippen LogP contribution in [0.15, 0.2) is 42.5 Å². The van der Waals surface area contributed by atoms with Crippen molar-refractivity contribution in [3.63, 3.8) is 0 Å². The molecule has 0 saturated heterocycles. The van der Waals surface area contributed by atoms with Crippen molar-refractivity contribution < 1.29 is 9.47 Å². The van der Waals surface area contributed by atoms with Gasteiger partial charge in [0, 0.05) is 16.6 Å². The fraction of sp³-hybridized carbons (Fsp3) is 0.250. The molecule has 106 valence electrons. The Morgan fingerprint density at radius 1 is 1.15 bits per heavy atom. The summed E-state index contributed by atoms with van der Waals surface area (Å²) in [5, 5.41) is 0.693. The maximum Gasteiger partial charge on any atom is 0.161 e. The van der Waals surface area contributed by atoms with Gasteiger partial charge in [-0.05, 0) is 30.7 Å². The van der Waals surface area contributed by atoms with Crippen LogP contribution in [0.1, 0.15) is 24.1 Å². The quantitative estimate of drug-likeness (QED) is 0.907. The third kappa shape index (κ3) is 3.44. The lowest BCUT2D eigenvalue weighted by Crippen LogP contribution is -2.05. The standard InChI is InChI=1S/C16H18ClNO2/c1-11(18)12-7-8-15(16(9-12)19-2)20-10-13-5-3-4-6-14(13)17/h3-9,11H,10,18H2,1-2H3/t11-/m1/s1. The molecule has 0 bridgehead atoms. The van der Waals surface area contributed by atoms with E-state index in [9.17, 15) is 0 Å². The molecule has 2 N–H and O–H groups in total. The molecule has 2 aromatic carbocycles. The number of hydrogen-bond acceptors (Lipinski definition) is 3. The average Bonchev–Trinajstić information content (AvgIpc) is 2.46. The number of halogens is 1. The summed E-state index contributed by atoms with van der Waals surface area (Å²) < 4.78 is 11.1. The summed E-state index contributed by atoms with van der Waals surface area (Å²) in [5.74, 6) is 1.35. The molecular formula is C16H18ClNO2. The van der Waals surface area contributed by atoms with Gasteiger partial charge in [0.2, 0.25) is 0 Å². The van der Waals surface area contributed by atoms with Crippen LogP contribution < -0.4 is 15.2 Å². The average molecular weight is 292 g/mol. The number of nitrogens with two attached hydrogens (primary N) is 1. The Morgan fingerprint density at radius 2 is 1.90 bits per heavy atom. The van der Waals surface area contributed by atoms with E-state index in [-0.39, 0.29) is 6.04 Å². The van der Waals surface area contributed by atoms with Crippen molar-refractivity contribution >= 4 is 11.6 Å². The van der Waals surface area contributed by atoms with Crippen LogP contribution in [0.5, 0.6) is 11.5 Å². The monoisotopic (exact) mass is 291 g/mol. The van der Waals surface area contributed by atoms with Gasteiger partial charge in [0.15, 0.2) is 11.5 Å². The summed E-state index contributed by atoms with van der Waals surface area (Å²) in [6, 6.07) is 13.3. The second-order valence-electron chi connectivity index (χ2n) is 4.58. The molecule has 20 heavy (non-hydrogen) atoms. The highest BCUT2D eigenvalue weighted by molar-refractivity contribution is 6.31. The molecule has 1 atom stereocenters. The third-order valence-electron chi connectivity index (χ3n) is 3.05. The van der Waals surface area contributed by atoms with Crippen LogP contribution in [-0.2, 0) is 6.61 Å². The molecule has 4 heteroatoms. The van der Waals surface area contributed by atoms with Crippen molar-refractivity contribution in [3.8, 4) is 11.5 Å². The molecule has 0 aliphatic heterocycles. The maximum atomic E-state index is 6.10. The lowest BCUT2D eigenvalue weighted by Gasteiger charge is -2.14. The minimum Gasteiger partial charge on any atom is -0.493 e. The molecule has 0 radical (unpaired) electrons. The predicted molar refractivity (Wildman–Crippen MR) is 81.4 cm³/mol. The van der Waals surface area contributed by atoms with E-state index in [4.69, 9.17) is 26.8 Å². The Hall–Kier alpha value is -1.71. The van der Waals surface area contributed by atoms with Gasteiger partial charge in [0.1, 0.15) is 6.61 Å². The van der Waals surface area contributed by atoms with E-state index in [0.717, 1.165) is 11.1 Å². The van der Waals surface area contributed by atoms with E-state index >= 15 is 0 Å². The summed E-state index contributed by atoms with van der Waals surface area (Å²) in [7, 11) is 1.61. The van der Waals surface area contributed by atoms with E-state index in [1.54, 1.807) is 7.11 Å². The predicted octanol–water partition coefficient (Wildman–Crippen LogP) is 3.95. The number of ether oxygens (including phenoxy) is 2. The van der Waals surface area contributed by atoms with Gasteiger partial charge in [-0.1, -0.05) is 35.9 Å². The molecule has 0 unspecified atom stereocenters. The van der Waals surface area contributed by atoms with Gasteiger partial charge >= 0.3 is 0 Å². The van der Waals surface area contributed by atoms with E-state index in [2.05, 4.69) is 0 Å². The highest BCUT2D eigenvalue weighted by Crippen LogP contribution is 2.31. The van der Waals surface area contributed by atoms with Crippen molar-refractivity contribution in [2.45, 2.75) is 19.6 Å². The molecule has 0 saturated carbocycles. The summed E-state index contributed by atoms with van der Waals surface area (Å²) in [6.45, 7) is 2.33. The van der Waals surface area contributed by atoms with Crippen LogP contribution >= 0.6 is 11.6 Å². The Bertz CT molecular complexity index is 584. The van der Waals surface area contributed by atoms with Gasteiger partial charge in [0.05, 0.1) is 7.11 Å². The first-order valence-electron chi connectivity index (χ1n) is 6.41. The van der Waals surface area contributed by atoms with Crippen molar-refractivity contribution in [2.24, 2.45) is 5.73 Å². The van der Waals surface area contributed by atoms with Crippen molar-refractivity contribution in [1.29, 1.82) is 0 Å². The van der Waals surface area contributed by atoms with Gasteiger partial charge in [-0.15, -0.1) is 0 Å². The Morgan fingerprint density at radius 3 is 2.55 bits per heavy atom. The van der Waals surface area contributed by atoms with Crippen LogP contribution in [-0.4, -0.2) is 7.11 Å². The van der Waals surface area contributed by atoms with E-state index < -0.39 is 0 Å². The summed E-state index contributed by atoms with van der Waals surface area (Å²) in [5.41, 5.74) is 7.80. The first kappa shape index (κ1) is 14.7. The first-order chi connectivity index (χ1) is 9.61. The molecular weight excluding hydrogens is 274 g/mol. The minimum absolute atomic E-state index is 0.0403. The van der Waals surface area contributed by atoms with E-state index in [0.29, 0.717) is 23.1 Å². The zero-order chi connectivity index (χ0) is 14.5. The molecule has 3 nitrogen and oxygen atoms in total. The molecule has 0 aromatic heterocycles. The largest absolute Gasteiger partial charge is 0.493 e. The van der Waals surface area contributed by atoms with Crippen molar-refractivity contribution in [3.05, 3.63) is 58.6 Å². The third-order valence-corrected chi connectivity index (χ3v) is 3.42. The zero-order valence-electron chi connectivity index (χ0n) is 11.6. The minimum atomic E-state index is -0.0403. The normalized spacial score (nSPS) is 12.0. The van der Waals surface area contributed by atoms with Crippen molar-refractivity contribution in [2.75, 3.05) is 7.11 Å². The maximum absolute atomic E-state index is 6.10. The van der Waals surface area contributed by atoms with Crippen LogP contribution in [0.25, 0.3) is 0 Å². The molecule has 0 spiro atoms. The smallest absolute Gasteiger partial charge is 0.161 e. The topological polar surface area (TPSA) is 44.5 Å². The van der Waals surface area contributed by atoms with Crippen LogP contribution in [0.3, 0.4) is 0 Å². The molecule has 0 amide bonds. The summed E-state index contributed by atoms with van der Waals surface area (Å²) in [4.78, 5) is 0. The number of rotatable bonds is 5. The van der Waals surface area contributed by atoms with Crippen LogP contribution in [0, 0.1) is 0 Å². The van der Waals surface area contributed by atoms with Gasteiger partial charge < -0.3 is 15.2 Å². The fourth-order valence-corrected chi connectivity index (χ4v) is 2.05. The lowest BCUT2D eigenvalue weighted by molar-refractivity contribution is 0.284. The molecule has 0 aliphatic rings. The second kappa shape index (κ2) is 6.64. The highest BCUT2D eigenvalue weighted by atomic mass is 35.5. The molecule has 2 aromatic rings. The second-order valence-corrected chi connectivity index (χ2v) is 4.99. The number of benzene rings is 2.